The van der Waals surface area contributed by atoms with Gasteiger partial charge in [0.05, 0.1) is 18.3 Å². The van der Waals surface area contributed by atoms with E-state index in [9.17, 15) is 8.42 Å². The van der Waals surface area contributed by atoms with E-state index >= 15 is 0 Å². The topological polar surface area (TPSA) is 70.6 Å². The van der Waals surface area contributed by atoms with Crippen LogP contribution in [0.2, 0.25) is 0 Å². The van der Waals surface area contributed by atoms with Crippen molar-refractivity contribution in [2.45, 2.75) is 38.8 Å². The molecule has 1 saturated carbocycles. The van der Waals surface area contributed by atoms with Crippen LogP contribution in [0.25, 0.3) is 0 Å². The van der Waals surface area contributed by atoms with Crippen LogP contribution in [-0.4, -0.2) is 38.5 Å². The van der Waals surface area contributed by atoms with Gasteiger partial charge in [-0.3, -0.25) is 4.99 Å². The molecule has 5 nitrogen and oxygen atoms in total. The van der Waals surface area contributed by atoms with Crippen LogP contribution in [0.4, 0.5) is 0 Å². The first kappa shape index (κ1) is 20.2. The second-order valence-corrected chi connectivity index (χ2v) is 8.13. The van der Waals surface area contributed by atoms with Crippen molar-refractivity contribution in [3.8, 4) is 0 Å². The summed E-state index contributed by atoms with van der Waals surface area (Å²) in [5, 5.41) is 6.69. The van der Waals surface area contributed by atoms with Crippen LogP contribution in [0.15, 0.2) is 35.3 Å². The van der Waals surface area contributed by atoms with Crippen molar-refractivity contribution in [2.75, 3.05) is 18.1 Å². The van der Waals surface area contributed by atoms with Crippen LogP contribution in [0.5, 0.6) is 0 Å². The van der Waals surface area contributed by atoms with E-state index in [1.165, 1.54) is 5.56 Å². The summed E-state index contributed by atoms with van der Waals surface area (Å²) in [6, 6.07) is 10.7. The van der Waals surface area contributed by atoms with Gasteiger partial charge in [-0.05, 0) is 25.3 Å². The predicted octanol–water partition coefficient (Wildman–Crippen LogP) is 2.50. The number of benzene rings is 1. The lowest BCUT2D eigenvalue weighted by Crippen LogP contribution is -2.40. The molecule has 0 heterocycles. The fraction of sp³-hybridized carbons (Fsp3) is 0.562. The molecule has 0 saturated heterocycles. The number of rotatable bonds is 7. The molecular formula is C16H26IN3O2S. The number of hydrogen-bond donors (Lipinski definition) is 2. The number of aliphatic imine (C=N–C) groups is 1. The van der Waals surface area contributed by atoms with Crippen molar-refractivity contribution < 1.29 is 8.42 Å². The highest BCUT2D eigenvalue weighted by Crippen LogP contribution is 2.19. The summed E-state index contributed by atoms with van der Waals surface area (Å²) in [4.78, 5) is 4.42. The van der Waals surface area contributed by atoms with Crippen molar-refractivity contribution in [1.82, 2.24) is 10.6 Å². The first-order chi connectivity index (χ1) is 10.5. The average Bonchev–Trinajstić information content (AvgIpc) is 3.32. The molecule has 2 rings (SSSR count). The summed E-state index contributed by atoms with van der Waals surface area (Å²) in [5.41, 5.74) is 1.17. The summed E-state index contributed by atoms with van der Waals surface area (Å²) in [6.07, 6.45) is 2.29. The van der Waals surface area contributed by atoms with E-state index in [2.05, 4.69) is 34.7 Å². The normalized spacial score (nSPS) is 16.3. The molecule has 2 N–H and O–H groups in total. The van der Waals surface area contributed by atoms with E-state index in [1.807, 2.05) is 18.2 Å². The van der Waals surface area contributed by atoms with Crippen LogP contribution < -0.4 is 10.6 Å². The summed E-state index contributed by atoms with van der Waals surface area (Å²) < 4.78 is 23.1. The van der Waals surface area contributed by atoms with Gasteiger partial charge in [0.25, 0.3) is 0 Å². The van der Waals surface area contributed by atoms with E-state index in [-0.39, 0.29) is 41.5 Å². The van der Waals surface area contributed by atoms with Crippen LogP contribution in [-0.2, 0) is 9.84 Å². The van der Waals surface area contributed by atoms with Crippen molar-refractivity contribution in [3.63, 3.8) is 0 Å². The van der Waals surface area contributed by atoms with Crippen LogP contribution >= 0.6 is 24.0 Å². The number of guanidine groups is 1. The molecule has 1 aromatic carbocycles. The zero-order valence-corrected chi connectivity index (χ0v) is 16.8. The SMILES string of the molecule is CCS(=O)(=O)CCN=C(NC1CC1)NC(C)c1ccccc1.I. The number of sulfone groups is 1. The molecule has 1 fully saturated rings. The highest BCUT2D eigenvalue weighted by molar-refractivity contribution is 14.0. The van der Waals surface area contributed by atoms with E-state index in [0.29, 0.717) is 18.5 Å². The summed E-state index contributed by atoms with van der Waals surface area (Å²) in [6.45, 7) is 4.03. The van der Waals surface area contributed by atoms with Gasteiger partial charge < -0.3 is 10.6 Å². The second kappa shape index (κ2) is 9.46. The molecule has 23 heavy (non-hydrogen) atoms. The predicted molar refractivity (Wildman–Crippen MR) is 106 cm³/mol. The standard InChI is InChI=1S/C16H25N3O2S.HI/c1-3-22(20,21)12-11-17-16(19-15-9-10-15)18-13(2)14-7-5-4-6-8-14;/h4-8,13,15H,3,9-12H2,1-2H3,(H2,17,18,19);1H. The Labute approximate surface area is 156 Å². The quantitative estimate of drug-likeness (QED) is 0.380. The van der Waals surface area contributed by atoms with Gasteiger partial charge in [0, 0.05) is 11.8 Å². The van der Waals surface area contributed by atoms with Crippen LogP contribution in [0.3, 0.4) is 0 Å². The molecule has 0 aliphatic heterocycles. The molecule has 1 aliphatic carbocycles. The Bertz CT molecular complexity index is 601. The summed E-state index contributed by atoms with van der Waals surface area (Å²) >= 11 is 0. The molecule has 1 unspecified atom stereocenters. The largest absolute Gasteiger partial charge is 0.354 e. The van der Waals surface area contributed by atoms with Gasteiger partial charge in [0.15, 0.2) is 15.8 Å². The minimum absolute atomic E-state index is 0. The van der Waals surface area contributed by atoms with E-state index in [1.54, 1.807) is 6.92 Å². The summed E-state index contributed by atoms with van der Waals surface area (Å²) in [7, 11) is -2.97. The zero-order valence-electron chi connectivity index (χ0n) is 13.7. The monoisotopic (exact) mass is 451 g/mol. The molecule has 130 valence electrons. The van der Waals surface area contributed by atoms with Crippen molar-refractivity contribution >= 4 is 39.8 Å². The lowest BCUT2D eigenvalue weighted by molar-refractivity contribution is 0.597. The molecule has 0 spiro atoms. The molecular weight excluding hydrogens is 425 g/mol. The van der Waals surface area contributed by atoms with Gasteiger partial charge >= 0.3 is 0 Å². The van der Waals surface area contributed by atoms with Gasteiger partial charge in [-0.25, -0.2) is 8.42 Å². The average molecular weight is 451 g/mol. The fourth-order valence-electron chi connectivity index (χ4n) is 2.02. The minimum Gasteiger partial charge on any atom is -0.354 e. The fourth-order valence-corrected chi connectivity index (χ4v) is 2.68. The first-order valence-electron chi connectivity index (χ1n) is 7.83. The molecule has 1 aliphatic rings. The smallest absolute Gasteiger partial charge is 0.191 e. The molecule has 1 atom stereocenters. The molecule has 1 aromatic rings. The lowest BCUT2D eigenvalue weighted by atomic mass is 10.1. The Morgan fingerprint density at radius 3 is 2.52 bits per heavy atom. The Balaban J connectivity index is 0.00000264. The lowest BCUT2D eigenvalue weighted by Gasteiger charge is -2.18. The number of nitrogens with one attached hydrogen (secondary N) is 2. The van der Waals surface area contributed by atoms with Gasteiger partial charge in [-0.15, -0.1) is 24.0 Å². The van der Waals surface area contributed by atoms with E-state index < -0.39 is 9.84 Å². The second-order valence-electron chi connectivity index (χ2n) is 5.66. The third-order valence-electron chi connectivity index (χ3n) is 3.68. The Kier molecular flexibility index (Phi) is 8.32. The molecule has 0 amide bonds. The van der Waals surface area contributed by atoms with Crippen LogP contribution in [0, 0.1) is 0 Å². The maximum Gasteiger partial charge on any atom is 0.191 e. The molecule has 0 bridgehead atoms. The van der Waals surface area contributed by atoms with Crippen molar-refractivity contribution in [2.24, 2.45) is 4.99 Å². The van der Waals surface area contributed by atoms with E-state index in [0.717, 1.165) is 12.8 Å². The molecule has 7 heteroatoms. The maximum absolute atomic E-state index is 11.5. The highest BCUT2D eigenvalue weighted by Gasteiger charge is 2.23. The number of hydrogen-bond acceptors (Lipinski definition) is 3. The van der Waals surface area contributed by atoms with Gasteiger partial charge in [-0.2, -0.15) is 0 Å². The Morgan fingerprint density at radius 1 is 1.30 bits per heavy atom. The molecule has 0 radical (unpaired) electrons. The molecule has 0 aromatic heterocycles. The number of halogens is 1. The Morgan fingerprint density at radius 2 is 1.96 bits per heavy atom. The van der Waals surface area contributed by atoms with E-state index in [4.69, 9.17) is 0 Å². The van der Waals surface area contributed by atoms with Crippen LogP contribution in [0.1, 0.15) is 38.3 Å². The van der Waals surface area contributed by atoms with Gasteiger partial charge in [0.2, 0.25) is 0 Å². The third kappa shape index (κ3) is 7.52. The minimum atomic E-state index is -2.97. The maximum atomic E-state index is 11.5. The zero-order chi connectivity index (χ0) is 16.0. The highest BCUT2D eigenvalue weighted by atomic mass is 127. The van der Waals surface area contributed by atoms with Crippen molar-refractivity contribution in [3.05, 3.63) is 35.9 Å². The first-order valence-corrected chi connectivity index (χ1v) is 9.65. The number of nitrogens with zero attached hydrogens (tertiary/aromatic N) is 1. The Hall–Kier alpha value is -0.830. The third-order valence-corrected chi connectivity index (χ3v) is 5.37. The van der Waals surface area contributed by atoms with Crippen molar-refractivity contribution in [1.29, 1.82) is 0 Å². The van der Waals surface area contributed by atoms with Gasteiger partial charge in [0.1, 0.15) is 0 Å². The van der Waals surface area contributed by atoms with Gasteiger partial charge in [-0.1, -0.05) is 37.3 Å². The summed E-state index contributed by atoms with van der Waals surface area (Å²) in [5.74, 6) is 0.966.